The van der Waals surface area contributed by atoms with E-state index in [2.05, 4.69) is 78.8 Å². The van der Waals surface area contributed by atoms with Crippen LogP contribution in [0, 0.1) is 0 Å². The molecule has 21 heavy (non-hydrogen) atoms. The Hall–Kier alpha value is -0.650. The Morgan fingerprint density at radius 3 is 2.52 bits per heavy atom. The molecule has 0 saturated carbocycles. The first-order chi connectivity index (χ1) is 10.1. The molecule has 5 heteroatoms. The van der Waals surface area contributed by atoms with E-state index < -0.39 is 0 Å². The number of imidazole rings is 1. The molecule has 0 fully saturated rings. The molecule has 0 amide bonds. The minimum Gasteiger partial charge on any atom is -0.335 e. The van der Waals surface area contributed by atoms with E-state index in [0.29, 0.717) is 0 Å². The molecule has 1 aromatic heterocycles. The van der Waals surface area contributed by atoms with E-state index in [-0.39, 0.29) is 6.04 Å². The minimum atomic E-state index is 0.270. The summed E-state index contributed by atoms with van der Waals surface area (Å²) in [7, 11) is 0. The SMILES string of the molecule is CCCNC(Cc1nccn1CC)c1cc(Br)cc(Br)c1. The third kappa shape index (κ3) is 4.66. The van der Waals surface area contributed by atoms with Crippen molar-refractivity contribution in [2.24, 2.45) is 0 Å². The molecule has 0 bridgehead atoms. The van der Waals surface area contributed by atoms with Crippen molar-refractivity contribution in [3.8, 4) is 0 Å². The second-order valence-electron chi connectivity index (χ2n) is 5.04. The maximum absolute atomic E-state index is 4.50. The van der Waals surface area contributed by atoms with Gasteiger partial charge in [0, 0.05) is 40.3 Å². The Kier molecular flexibility index (Phi) is 6.45. The summed E-state index contributed by atoms with van der Waals surface area (Å²) in [5, 5.41) is 3.63. The average Bonchev–Trinajstić information content (AvgIpc) is 2.89. The second kappa shape index (κ2) is 8.11. The molecule has 1 atom stereocenters. The summed E-state index contributed by atoms with van der Waals surface area (Å²) in [4.78, 5) is 4.50. The number of hydrogen-bond donors (Lipinski definition) is 1. The van der Waals surface area contributed by atoms with Crippen LogP contribution in [0.2, 0.25) is 0 Å². The van der Waals surface area contributed by atoms with Gasteiger partial charge in [0.1, 0.15) is 5.82 Å². The lowest BCUT2D eigenvalue weighted by Gasteiger charge is -2.20. The van der Waals surface area contributed by atoms with Crippen molar-refractivity contribution >= 4 is 31.9 Å². The minimum absolute atomic E-state index is 0.270. The number of hydrogen-bond acceptors (Lipinski definition) is 2. The topological polar surface area (TPSA) is 29.9 Å². The molecule has 1 unspecified atom stereocenters. The van der Waals surface area contributed by atoms with E-state index in [4.69, 9.17) is 0 Å². The van der Waals surface area contributed by atoms with Gasteiger partial charge in [-0.1, -0.05) is 38.8 Å². The van der Waals surface area contributed by atoms with Crippen molar-refractivity contribution in [3.63, 3.8) is 0 Å². The summed E-state index contributed by atoms with van der Waals surface area (Å²) in [6.07, 6.45) is 5.94. The van der Waals surface area contributed by atoms with Gasteiger partial charge in [0.2, 0.25) is 0 Å². The number of nitrogens with zero attached hydrogens (tertiary/aromatic N) is 2. The van der Waals surface area contributed by atoms with Gasteiger partial charge < -0.3 is 9.88 Å². The maximum atomic E-state index is 4.50. The quantitative estimate of drug-likeness (QED) is 0.710. The zero-order valence-electron chi connectivity index (χ0n) is 12.4. The van der Waals surface area contributed by atoms with Crippen LogP contribution in [0.25, 0.3) is 0 Å². The molecule has 3 nitrogen and oxygen atoms in total. The first-order valence-electron chi connectivity index (χ1n) is 7.33. The summed E-state index contributed by atoms with van der Waals surface area (Å²) < 4.78 is 4.39. The molecule has 2 aromatic rings. The predicted molar refractivity (Wildman–Crippen MR) is 94.5 cm³/mol. The van der Waals surface area contributed by atoms with Crippen molar-refractivity contribution in [1.82, 2.24) is 14.9 Å². The van der Waals surface area contributed by atoms with Crippen molar-refractivity contribution in [2.75, 3.05) is 6.54 Å². The van der Waals surface area contributed by atoms with Crippen LogP contribution in [-0.4, -0.2) is 16.1 Å². The van der Waals surface area contributed by atoms with Crippen molar-refractivity contribution in [3.05, 3.63) is 50.9 Å². The average molecular weight is 415 g/mol. The van der Waals surface area contributed by atoms with Crippen LogP contribution >= 0.6 is 31.9 Å². The van der Waals surface area contributed by atoms with Crippen LogP contribution in [0.3, 0.4) is 0 Å². The monoisotopic (exact) mass is 413 g/mol. The number of aromatic nitrogens is 2. The lowest BCUT2D eigenvalue weighted by Crippen LogP contribution is -2.25. The predicted octanol–water partition coefficient (Wildman–Crippen LogP) is 4.71. The molecule has 1 aromatic carbocycles. The number of rotatable bonds is 7. The second-order valence-corrected chi connectivity index (χ2v) is 6.87. The highest BCUT2D eigenvalue weighted by Crippen LogP contribution is 2.26. The third-order valence-electron chi connectivity index (χ3n) is 3.46. The Labute approximate surface area is 143 Å². The van der Waals surface area contributed by atoms with Gasteiger partial charge in [-0.3, -0.25) is 0 Å². The molecule has 2 rings (SSSR count). The fraction of sp³-hybridized carbons (Fsp3) is 0.438. The van der Waals surface area contributed by atoms with E-state index in [9.17, 15) is 0 Å². The Bertz CT molecular complexity index is 560. The Balaban J connectivity index is 2.25. The lowest BCUT2D eigenvalue weighted by molar-refractivity contribution is 0.506. The fourth-order valence-corrected chi connectivity index (χ4v) is 3.73. The van der Waals surface area contributed by atoms with Gasteiger partial charge in [0.15, 0.2) is 0 Å². The van der Waals surface area contributed by atoms with Crippen LogP contribution in [0.5, 0.6) is 0 Å². The van der Waals surface area contributed by atoms with Gasteiger partial charge in [-0.05, 0) is 43.7 Å². The summed E-state index contributed by atoms with van der Waals surface area (Å²) in [5.74, 6) is 1.13. The molecule has 0 saturated heterocycles. The molecule has 0 aliphatic heterocycles. The van der Waals surface area contributed by atoms with Crippen molar-refractivity contribution in [2.45, 2.75) is 39.3 Å². The van der Waals surface area contributed by atoms with Crippen LogP contribution in [0.1, 0.15) is 37.7 Å². The molecular formula is C16H21Br2N3. The largest absolute Gasteiger partial charge is 0.335 e. The smallest absolute Gasteiger partial charge is 0.110 e. The Morgan fingerprint density at radius 2 is 1.90 bits per heavy atom. The van der Waals surface area contributed by atoms with E-state index in [1.165, 1.54) is 5.56 Å². The van der Waals surface area contributed by atoms with E-state index in [1.54, 1.807) is 0 Å². The molecule has 1 N–H and O–H groups in total. The number of halogens is 2. The highest BCUT2D eigenvalue weighted by Gasteiger charge is 2.15. The number of nitrogens with one attached hydrogen (secondary N) is 1. The highest BCUT2D eigenvalue weighted by atomic mass is 79.9. The van der Waals surface area contributed by atoms with Gasteiger partial charge in [-0.25, -0.2) is 4.98 Å². The summed E-state index contributed by atoms with van der Waals surface area (Å²) in [6.45, 7) is 6.29. The Morgan fingerprint density at radius 1 is 1.19 bits per heavy atom. The van der Waals surface area contributed by atoms with Gasteiger partial charge in [0.05, 0.1) is 0 Å². The molecule has 0 aliphatic rings. The molecular weight excluding hydrogens is 394 g/mol. The highest BCUT2D eigenvalue weighted by molar-refractivity contribution is 9.11. The molecule has 1 heterocycles. The van der Waals surface area contributed by atoms with E-state index in [1.807, 2.05) is 12.4 Å². The number of aryl methyl sites for hydroxylation is 1. The maximum Gasteiger partial charge on any atom is 0.110 e. The summed E-state index contributed by atoms with van der Waals surface area (Å²) >= 11 is 7.15. The summed E-state index contributed by atoms with van der Waals surface area (Å²) in [6, 6.07) is 6.69. The first kappa shape index (κ1) is 16.7. The number of benzene rings is 1. The van der Waals surface area contributed by atoms with Crippen molar-refractivity contribution in [1.29, 1.82) is 0 Å². The molecule has 0 radical (unpaired) electrons. The van der Waals surface area contributed by atoms with Crippen molar-refractivity contribution < 1.29 is 0 Å². The summed E-state index contributed by atoms with van der Waals surface area (Å²) in [5.41, 5.74) is 1.27. The van der Waals surface area contributed by atoms with Gasteiger partial charge in [-0.15, -0.1) is 0 Å². The first-order valence-corrected chi connectivity index (χ1v) is 8.92. The molecule has 0 aliphatic carbocycles. The molecule has 0 spiro atoms. The van der Waals surface area contributed by atoms with Crippen LogP contribution in [-0.2, 0) is 13.0 Å². The fourth-order valence-electron chi connectivity index (χ4n) is 2.40. The van der Waals surface area contributed by atoms with E-state index in [0.717, 1.165) is 40.7 Å². The van der Waals surface area contributed by atoms with Gasteiger partial charge >= 0.3 is 0 Å². The van der Waals surface area contributed by atoms with E-state index >= 15 is 0 Å². The normalized spacial score (nSPS) is 12.6. The van der Waals surface area contributed by atoms with Gasteiger partial charge in [-0.2, -0.15) is 0 Å². The van der Waals surface area contributed by atoms with Crippen LogP contribution in [0.15, 0.2) is 39.5 Å². The standard InChI is InChI=1S/C16H21Br2N3/c1-3-5-19-15(11-16-20-6-7-21(16)4-2)12-8-13(17)10-14(18)9-12/h6-10,15,19H,3-5,11H2,1-2H3. The van der Waals surface area contributed by atoms with Crippen LogP contribution < -0.4 is 5.32 Å². The zero-order chi connectivity index (χ0) is 15.2. The lowest BCUT2D eigenvalue weighted by atomic mass is 10.0. The molecule has 114 valence electrons. The zero-order valence-corrected chi connectivity index (χ0v) is 15.6. The third-order valence-corrected chi connectivity index (χ3v) is 4.37. The van der Waals surface area contributed by atoms with Crippen LogP contribution in [0.4, 0.5) is 0 Å². The van der Waals surface area contributed by atoms with Gasteiger partial charge in [0.25, 0.3) is 0 Å².